The summed E-state index contributed by atoms with van der Waals surface area (Å²) in [4.78, 5) is 22.9. The van der Waals surface area contributed by atoms with Gasteiger partial charge in [0.15, 0.2) is 0 Å². The number of aromatic hydroxyl groups is 1. The van der Waals surface area contributed by atoms with E-state index in [-0.39, 0.29) is 17.0 Å². The molecular formula is C17H14F3N3O3. The van der Waals surface area contributed by atoms with E-state index in [1.54, 1.807) is 18.3 Å². The van der Waals surface area contributed by atoms with Gasteiger partial charge in [-0.1, -0.05) is 12.1 Å². The molecule has 2 amide bonds. The summed E-state index contributed by atoms with van der Waals surface area (Å²) in [7, 11) is 0. The summed E-state index contributed by atoms with van der Waals surface area (Å²) < 4.78 is 36.9. The van der Waals surface area contributed by atoms with Crippen LogP contribution >= 0.6 is 0 Å². The Morgan fingerprint density at radius 2 is 1.69 bits per heavy atom. The highest BCUT2D eigenvalue weighted by Gasteiger charge is 2.38. The van der Waals surface area contributed by atoms with Gasteiger partial charge in [-0.2, -0.15) is 18.3 Å². The van der Waals surface area contributed by atoms with Crippen LogP contribution in [0.4, 0.5) is 18.9 Å². The van der Waals surface area contributed by atoms with E-state index >= 15 is 0 Å². The summed E-state index contributed by atoms with van der Waals surface area (Å²) in [5.74, 6) is -2.59. The van der Waals surface area contributed by atoms with Crippen LogP contribution in [0.5, 0.6) is 5.75 Å². The topological polar surface area (TPSA) is 90.8 Å². The maximum absolute atomic E-state index is 12.3. The molecule has 0 heterocycles. The number of phenolic OH excluding ortho intramolecular Hbond substituents is 1. The number of rotatable bonds is 4. The van der Waals surface area contributed by atoms with Crippen molar-refractivity contribution in [3.63, 3.8) is 0 Å². The molecule has 0 unspecified atom stereocenters. The molecule has 0 aliphatic carbocycles. The maximum Gasteiger partial charge on any atom is 0.471 e. The van der Waals surface area contributed by atoms with Crippen molar-refractivity contribution >= 4 is 23.2 Å². The fourth-order valence-electron chi connectivity index (χ4n) is 1.90. The minimum atomic E-state index is -4.99. The first-order chi connectivity index (χ1) is 12.2. The Morgan fingerprint density at radius 3 is 2.31 bits per heavy atom. The molecule has 0 aliphatic heterocycles. The molecule has 0 fully saturated rings. The van der Waals surface area contributed by atoms with Gasteiger partial charge in [-0.15, -0.1) is 0 Å². The monoisotopic (exact) mass is 365 g/mol. The molecule has 3 N–H and O–H groups in total. The van der Waals surface area contributed by atoms with E-state index in [2.05, 4.69) is 10.5 Å². The minimum absolute atomic E-state index is 0.0129. The van der Waals surface area contributed by atoms with E-state index < -0.39 is 18.0 Å². The second kappa shape index (κ2) is 7.68. The van der Waals surface area contributed by atoms with E-state index in [9.17, 15) is 27.9 Å². The predicted molar refractivity (Wildman–Crippen MR) is 88.9 cm³/mol. The molecular weight excluding hydrogens is 351 g/mol. The zero-order valence-corrected chi connectivity index (χ0v) is 13.5. The molecule has 0 saturated carbocycles. The molecule has 2 rings (SSSR count). The molecule has 2 aromatic carbocycles. The van der Waals surface area contributed by atoms with Crippen LogP contribution in [-0.2, 0) is 4.79 Å². The molecule has 0 spiro atoms. The smallest absolute Gasteiger partial charge is 0.471 e. The van der Waals surface area contributed by atoms with Crippen molar-refractivity contribution in [2.24, 2.45) is 5.10 Å². The number of carbonyl (C=O) groups is 2. The van der Waals surface area contributed by atoms with Crippen LogP contribution in [0.3, 0.4) is 0 Å². The summed E-state index contributed by atoms with van der Waals surface area (Å²) in [5.41, 5.74) is 3.25. The van der Waals surface area contributed by atoms with Gasteiger partial charge < -0.3 is 10.4 Å². The Bertz CT molecular complexity index is 846. The van der Waals surface area contributed by atoms with Crippen LogP contribution in [0.1, 0.15) is 22.8 Å². The number of phenols is 1. The lowest BCUT2D eigenvalue weighted by atomic mass is 10.1. The third-order valence-electron chi connectivity index (χ3n) is 3.25. The molecule has 0 bridgehead atoms. The number of hydrazone groups is 1. The van der Waals surface area contributed by atoms with Crippen LogP contribution in [0, 0.1) is 0 Å². The lowest BCUT2D eigenvalue weighted by Crippen LogP contribution is -2.29. The predicted octanol–water partition coefficient (Wildman–Crippen LogP) is 3.05. The molecule has 2 aromatic rings. The summed E-state index contributed by atoms with van der Waals surface area (Å²) in [6, 6.07) is 11.1. The maximum atomic E-state index is 12.3. The van der Waals surface area contributed by atoms with Crippen LogP contribution in [0.15, 0.2) is 53.6 Å². The van der Waals surface area contributed by atoms with Gasteiger partial charge in [0.1, 0.15) is 5.75 Å². The number of halogens is 3. The molecule has 6 nitrogen and oxygen atoms in total. The van der Waals surface area contributed by atoms with Crippen LogP contribution in [0.2, 0.25) is 0 Å². The standard InChI is InChI=1S/C17H14F3N3O3/c1-10(22-23-15(25)11-5-7-14(24)8-6-11)12-3-2-4-13(9-12)21-16(26)17(18,19)20/h2-9,24H,1H3,(H,21,26)(H,23,25)/b22-10-. The Balaban J connectivity index is 2.09. The van der Waals surface area contributed by atoms with Crippen molar-refractivity contribution < 1.29 is 27.9 Å². The highest BCUT2D eigenvalue weighted by Crippen LogP contribution is 2.19. The van der Waals surface area contributed by atoms with Crippen molar-refractivity contribution in [2.75, 3.05) is 5.32 Å². The van der Waals surface area contributed by atoms with Gasteiger partial charge in [-0.25, -0.2) is 5.43 Å². The second-order valence-corrected chi connectivity index (χ2v) is 5.22. The quantitative estimate of drug-likeness (QED) is 0.575. The first-order valence-corrected chi connectivity index (χ1v) is 7.29. The number of nitrogens with one attached hydrogen (secondary N) is 2. The average Bonchev–Trinajstić information content (AvgIpc) is 2.59. The van der Waals surface area contributed by atoms with Gasteiger partial charge in [-0.3, -0.25) is 9.59 Å². The highest BCUT2D eigenvalue weighted by molar-refractivity contribution is 6.02. The fraction of sp³-hybridized carbons (Fsp3) is 0.118. The largest absolute Gasteiger partial charge is 0.508 e. The number of hydrogen-bond donors (Lipinski definition) is 3. The molecule has 136 valence electrons. The zero-order chi connectivity index (χ0) is 19.3. The van der Waals surface area contributed by atoms with Crippen LogP contribution < -0.4 is 10.7 Å². The molecule has 0 atom stereocenters. The number of alkyl halides is 3. The Morgan fingerprint density at radius 1 is 1.04 bits per heavy atom. The fourth-order valence-corrected chi connectivity index (χ4v) is 1.90. The van der Waals surface area contributed by atoms with Crippen molar-refractivity contribution in [1.82, 2.24) is 5.43 Å². The van der Waals surface area contributed by atoms with Gasteiger partial charge in [0, 0.05) is 11.3 Å². The van der Waals surface area contributed by atoms with Crippen molar-refractivity contribution in [2.45, 2.75) is 13.1 Å². The van der Waals surface area contributed by atoms with E-state index in [4.69, 9.17) is 0 Å². The lowest BCUT2D eigenvalue weighted by molar-refractivity contribution is -0.167. The highest BCUT2D eigenvalue weighted by atomic mass is 19.4. The van der Waals surface area contributed by atoms with E-state index in [1.165, 1.54) is 42.5 Å². The Labute approximate surface area is 146 Å². The third kappa shape index (κ3) is 5.07. The molecule has 0 saturated heterocycles. The number of amides is 2. The summed E-state index contributed by atoms with van der Waals surface area (Å²) in [6.45, 7) is 1.54. The minimum Gasteiger partial charge on any atom is -0.508 e. The molecule has 0 aromatic heterocycles. The SMILES string of the molecule is C/C(=N/NC(=O)c1ccc(O)cc1)c1cccc(NC(=O)C(F)(F)F)c1. The Hall–Kier alpha value is -3.36. The number of anilines is 1. The molecule has 9 heteroatoms. The first-order valence-electron chi connectivity index (χ1n) is 7.29. The van der Waals surface area contributed by atoms with E-state index in [0.717, 1.165) is 0 Å². The number of carbonyl (C=O) groups excluding carboxylic acids is 2. The van der Waals surface area contributed by atoms with Crippen molar-refractivity contribution in [1.29, 1.82) is 0 Å². The lowest BCUT2D eigenvalue weighted by Gasteiger charge is -2.09. The van der Waals surface area contributed by atoms with E-state index in [0.29, 0.717) is 11.3 Å². The molecule has 0 aliphatic rings. The normalized spacial score (nSPS) is 11.8. The number of hydrogen-bond acceptors (Lipinski definition) is 4. The van der Waals surface area contributed by atoms with Crippen molar-refractivity contribution in [3.8, 4) is 5.75 Å². The average molecular weight is 365 g/mol. The van der Waals surface area contributed by atoms with Crippen LogP contribution in [0.25, 0.3) is 0 Å². The summed E-state index contributed by atoms with van der Waals surface area (Å²) in [5, 5.41) is 14.8. The van der Waals surface area contributed by atoms with Gasteiger partial charge in [0.2, 0.25) is 0 Å². The number of nitrogens with zero attached hydrogens (tertiary/aromatic N) is 1. The summed E-state index contributed by atoms with van der Waals surface area (Å²) in [6.07, 6.45) is -4.99. The second-order valence-electron chi connectivity index (χ2n) is 5.22. The van der Waals surface area contributed by atoms with Gasteiger partial charge in [0.05, 0.1) is 5.71 Å². The number of benzene rings is 2. The Kier molecular flexibility index (Phi) is 5.61. The third-order valence-corrected chi connectivity index (χ3v) is 3.25. The van der Waals surface area contributed by atoms with Crippen LogP contribution in [-0.4, -0.2) is 28.8 Å². The van der Waals surface area contributed by atoms with E-state index in [1.807, 2.05) is 0 Å². The van der Waals surface area contributed by atoms with Gasteiger partial charge >= 0.3 is 12.1 Å². The first kappa shape index (κ1) is 19.0. The van der Waals surface area contributed by atoms with Gasteiger partial charge in [-0.05, 0) is 48.9 Å². The van der Waals surface area contributed by atoms with Gasteiger partial charge in [0.25, 0.3) is 5.91 Å². The summed E-state index contributed by atoms with van der Waals surface area (Å²) >= 11 is 0. The van der Waals surface area contributed by atoms with Crippen molar-refractivity contribution in [3.05, 3.63) is 59.7 Å². The molecule has 26 heavy (non-hydrogen) atoms. The zero-order valence-electron chi connectivity index (χ0n) is 13.5. The molecule has 0 radical (unpaired) electrons.